The summed E-state index contributed by atoms with van der Waals surface area (Å²) in [7, 11) is -2.18. The molecule has 1 aliphatic rings. The zero-order chi connectivity index (χ0) is 23.5. The number of piperidine rings is 1. The first-order chi connectivity index (χ1) is 15.1. The van der Waals surface area contributed by atoms with Crippen LogP contribution in [-0.4, -0.2) is 38.9 Å². The Kier molecular flexibility index (Phi) is 6.91. The monoisotopic (exact) mass is 456 g/mol. The van der Waals surface area contributed by atoms with Crippen LogP contribution in [0, 0.1) is 17.2 Å². The average Bonchev–Trinajstić information content (AvgIpc) is 2.78. The summed E-state index contributed by atoms with van der Waals surface area (Å²) in [5.41, 5.74) is 1.41. The van der Waals surface area contributed by atoms with Gasteiger partial charge in [-0.15, -0.1) is 0 Å². The molecule has 0 bridgehead atoms. The lowest BCUT2D eigenvalue weighted by molar-refractivity contribution is -0.140. The summed E-state index contributed by atoms with van der Waals surface area (Å²) >= 11 is 0. The van der Waals surface area contributed by atoms with Crippen LogP contribution in [0.15, 0.2) is 47.4 Å². The summed E-state index contributed by atoms with van der Waals surface area (Å²) in [4.78, 5) is 12.9. The molecule has 0 spiro atoms. The van der Waals surface area contributed by atoms with Crippen molar-refractivity contribution in [3.63, 3.8) is 0 Å². The maximum Gasteiger partial charge on any atom is 0.314 e. The van der Waals surface area contributed by atoms with Crippen molar-refractivity contribution < 1.29 is 22.7 Å². The first-order valence-corrected chi connectivity index (χ1v) is 11.9. The second-order valence-corrected chi connectivity index (χ2v) is 10.8. The van der Waals surface area contributed by atoms with Gasteiger partial charge in [-0.1, -0.05) is 32.9 Å². The normalized spacial score (nSPS) is 15.7. The van der Waals surface area contributed by atoms with Gasteiger partial charge in [0, 0.05) is 19.2 Å². The number of hydrogen-bond acceptors (Lipinski definition) is 6. The van der Waals surface area contributed by atoms with Gasteiger partial charge in [0.15, 0.2) is 11.5 Å². The van der Waals surface area contributed by atoms with Crippen molar-refractivity contribution >= 4 is 16.0 Å². The molecule has 2 aromatic carbocycles. The molecule has 7 nitrogen and oxygen atoms in total. The van der Waals surface area contributed by atoms with Crippen LogP contribution in [0.1, 0.15) is 44.7 Å². The van der Waals surface area contributed by atoms with Crippen LogP contribution in [0.3, 0.4) is 0 Å². The van der Waals surface area contributed by atoms with E-state index >= 15 is 0 Å². The minimum Gasteiger partial charge on any atom is -0.493 e. The van der Waals surface area contributed by atoms with E-state index in [1.54, 1.807) is 18.2 Å². The smallest absolute Gasteiger partial charge is 0.314 e. The van der Waals surface area contributed by atoms with E-state index in [9.17, 15) is 13.2 Å². The zero-order valence-electron chi connectivity index (χ0n) is 18.8. The number of sulfonamides is 1. The molecule has 0 radical (unpaired) electrons. The van der Waals surface area contributed by atoms with E-state index in [1.807, 2.05) is 18.2 Å². The van der Waals surface area contributed by atoms with Crippen molar-refractivity contribution in [3.05, 3.63) is 53.6 Å². The number of hydrogen-bond donors (Lipinski definition) is 0. The summed E-state index contributed by atoms with van der Waals surface area (Å²) in [6.07, 6.45) is 0.744. The molecule has 1 saturated heterocycles. The van der Waals surface area contributed by atoms with Crippen LogP contribution in [-0.2, 0) is 20.2 Å². The minimum absolute atomic E-state index is 0.0569. The second kappa shape index (κ2) is 9.31. The van der Waals surface area contributed by atoms with Crippen molar-refractivity contribution in [2.75, 3.05) is 20.2 Å². The van der Waals surface area contributed by atoms with Gasteiger partial charge in [0.25, 0.3) is 0 Å². The lowest BCUT2D eigenvalue weighted by Gasteiger charge is -2.30. The van der Waals surface area contributed by atoms with Gasteiger partial charge in [0.1, 0.15) is 0 Å². The van der Waals surface area contributed by atoms with Gasteiger partial charge >= 0.3 is 5.97 Å². The van der Waals surface area contributed by atoms with Gasteiger partial charge in [-0.2, -0.15) is 9.57 Å². The minimum atomic E-state index is -3.62. The van der Waals surface area contributed by atoms with Gasteiger partial charge in [-0.05, 0) is 48.1 Å². The lowest BCUT2D eigenvalue weighted by Crippen LogP contribution is -2.41. The molecule has 8 heteroatoms. The predicted molar refractivity (Wildman–Crippen MR) is 120 cm³/mol. The Morgan fingerprint density at radius 2 is 1.69 bits per heavy atom. The summed E-state index contributed by atoms with van der Waals surface area (Å²) in [6, 6.07) is 13.6. The van der Waals surface area contributed by atoms with Crippen molar-refractivity contribution in [2.45, 2.75) is 43.9 Å². The van der Waals surface area contributed by atoms with Gasteiger partial charge in [0.2, 0.25) is 10.0 Å². The van der Waals surface area contributed by atoms with E-state index in [0.717, 1.165) is 5.56 Å². The number of ether oxygens (including phenoxy) is 2. The van der Waals surface area contributed by atoms with Gasteiger partial charge in [-0.25, -0.2) is 8.42 Å². The van der Waals surface area contributed by atoms with Crippen LogP contribution < -0.4 is 9.47 Å². The fourth-order valence-corrected chi connectivity index (χ4v) is 5.09. The van der Waals surface area contributed by atoms with Crippen LogP contribution >= 0.6 is 0 Å². The Morgan fingerprint density at radius 3 is 2.22 bits per heavy atom. The van der Waals surface area contributed by atoms with Crippen molar-refractivity contribution in [3.8, 4) is 17.6 Å². The molecule has 170 valence electrons. The Morgan fingerprint density at radius 1 is 1.06 bits per heavy atom. The summed E-state index contributed by atoms with van der Waals surface area (Å²) in [6.45, 7) is 6.72. The maximum absolute atomic E-state index is 13.0. The molecule has 32 heavy (non-hydrogen) atoms. The highest BCUT2D eigenvalue weighted by molar-refractivity contribution is 7.89. The Bertz CT molecular complexity index is 1120. The molecule has 0 aliphatic carbocycles. The standard InChI is InChI=1S/C24H28N2O5S/c1-24(2,3)19-6-8-20(9-7-19)32(28,29)26-13-11-18(12-14-26)23(27)31-21-10-5-17(16-25)15-22(21)30-4/h5-10,15,18H,11-14H2,1-4H3. The third-order valence-corrected chi connectivity index (χ3v) is 7.56. The molecule has 0 saturated carbocycles. The SMILES string of the molecule is COc1cc(C#N)ccc1OC(=O)C1CCN(S(=O)(=O)c2ccc(C(C)(C)C)cc2)CC1. The number of nitrogens with zero attached hydrogens (tertiary/aromatic N) is 2. The first kappa shape index (κ1) is 23.8. The molecule has 3 rings (SSSR count). The van der Waals surface area contributed by atoms with Crippen LogP contribution in [0.5, 0.6) is 11.5 Å². The van der Waals surface area contributed by atoms with Gasteiger partial charge in [0.05, 0.1) is 29.6 Å². The summed E-state index contributed by atoms with van der Waals surface area (Å²) < 4.78 is 38.2. The number of benzene rings is 2. The average molecular weight is 457 g/mol. The van der Waals surface area contributed by atoms with E-state index in [4.69, 9.17) is 14.7 Å². The molecular formula is C24H28N2O5S. The molecule has 1 aliphatic heterocycles. The van der Waals surface area contributed by atoms with E-state index in [2.05, 4.69) is 20.8 Å². The highest BCUT2D eigenvalue weighted by atomic mass is 32.2. The van der Waals surface area contributed by atoms with E-state index in [1.165, 1.54) is 23.5 Å². The summed E-state index contributed by atoms with van der Waals surface area (Å²) in [5, 5.41) is 8.99. The van der Waals surface area contributed by atoms with Crippen molar-refractivity contribution in [2.24, 2.45) is 5.92 Å². The molecule has 1 fully saturated rings. The molecule has 0 atom stereocenters. The van der Waals surface area contributed by atoms with E-state index < -0.39 is 21.9 Å². The topological polar surface area (TPSA) is 96.7 Å². The molecule has 0 N–H and O–H groups in total. The molecule has 0 aromatic heterocycles. The number of methoxy groups -OCH3 is 1. The van der Waals surface area contributed by atoms with Crippen molar-refractivity contribution in [1.82, 2.24) is 4.31 Å². The quantitative estimate of drug-likeness (QED) is 0.500. The fourth-order valence-electron chi connectivity index (χ4n) is 3.62. The molecule has 2 aromatic rings. The Balaban J connectivity index is 1.64. The third-order valence-electron chi connectivity index (χ3n) is 5.65. The van der Waals surface area contributed by atoms with Crippen LogP contribution in [0.2, 0.25) is 0 Å². The summed E-state index contributed by atoms with van der Waals surface area (Å²) in [5.74, 6) is -0.300. The number of carbonyl (C=O) groups excluding carboxylic acids is 1. The van der Waals surface area contributed by atoms with E-state index in [0.29, 0.717) is 24.2 Å². The Hall–Kier alpha value is -2.89. The molecule has 0 amide bonds. The maximum atomic E-state index is 13.0. The number of nitriles is 1. The molecule has 0 unspecified atom stereocenters. The first-order valence-electron chi connectivity index (χ1n) is 10.5. The third kappa shape index (κ3) is 5.12. The Labute approximate surface area is 189 Å². The van der Waals surface area contributed by atoms with Crippen LogP contribution in [0.4, 0.5) is 0 Å². The van der Waals surface area contributed by atoms with Crippen molar-refractivity contribution in [1.29, 1.82) is 5.26 Å². The number of carbonyl (C=O) groups is 1. The molecular weight excluding hydrogens is 428 g/mol. The lowest BCUT2D eigenvalue weighted by atomic mass is 9.87. The highest BCUT2D eigenvalue weighted by Crippen LogP contribution is 2.31. The zero-order valence-corrected chi connectivity index (χ0v) is 19.6. The largest absolute Gasteiger partial charge is 0.493 e. The van der Waals surface area contributed by atoms with Crippen LogP contribution in [0.25, 0.3) is 0 Å². The number of esters is 1. The van der Waals surface area contributed by atoms with Gasteiger partial charge < -0.3 is 9.47 Å². The molecule has 1 heterocycles. The fraction of sp³-hybridized carbons (Fsp3) is 0.417. The second-order valence-electron chi connectivity index (χ2n) is 8.85. The van der Waals surface area contributed by atoms with E-state index in [-0.39, 0.29) is 29.1 Å². The predicted octanol–water partition coefficient (Wildman–Crippen LogP) is 3.87. The highest BCUT2D eigenvalue weighted by Gasteiger charge is 2.33. The van der Waals surface area contributed by atoms with Gasteiger partial charge in [-0.3, -0.25) is 4.79 Å². The number of rotatable bonds is 5.